The predicted molar refractivity (Wildman–Crippen MR) is 82.4 cm³/mol. The van der Waals surface area contributed by atoms with Crippen molar-refractivity contribution in [3.63, 3.8) is 0 Å². The molecule has 0 fully saturated rings. The highest BCUT2D eigenvalue weighted by Crippen LogP contribution is 2.23. The van der Waals surface area contributed by atoms with Crippen LogP contribution in [0.25, 0.3) is 0 Å². The lowest BCUT2D eigenvalue weighted by Gasteiger charge is -2.07. The van der Waals surface area contributed by atoms with Crippen LogP contribution in [-0.2, 0) is 4.79 Å². The van der Waals surface area contributed by atoms with Crippen LogP contribution in [0.15, 0.2) is 53.4 Å². The molecule has 2 aromatic rings. The monoisotopic (exact) mass is 285 g/mol. The number of anilines is 1. The second-order valence-electron chi connectivity index (χ2n) is 4.29. The van der Waals surface area contributed by atoms with Crippen molar-refractivity contribution in [3.05, 3.63) is 59.7 Å². The van der Waals surface area contributed by atoms with E-state index in [0.29, 0.717) is 16.8 Å². The fraction of sp³-hybridized carbons (Fsp3) is 0.125. The van der Waals surface area contributed by atoms with Crippen molar-refractivity contribution < 1.29 is 9.59 Å². The van der Waals surface area contributed by atoms with E-state index in [0.717, 1.165) is 4.90 Å². The highest BCUT2D eigenvalue weighted by atomic mass is 32.2. The molecule has 0 radical (unpaired) electrons. The maximum absolute atomic E-state index is 12.5. The Morgan fingerprint density at radius 3 is 2.25 bits per heavy atom. The first-order valence-corrected chi connectivity index (χ1v) is 7.39. The molecule has 0 heterocycles. The third-order valence-corrected chi connectivity index (χ3v) is 3.61. The van der Waals surface area contributed by atoms with Gasteiger partial charge in [0, 0.05) is 28.6 Å². The molecule has 2 rings (SSSR count). The summed E-state index contributed by atoms with van der Waals surface area (Å²) in [6.07, 6.45) is 1.95. The number of hydrogen-bond acceptors (Lipinski definition) is 3. The van der Waals surface area contributed by atoms with Gasteiger partial charge >= 0.3 is 0 Å². The smallest absolute Gasteiger partial charge is 0.221 e. The molecule has 20 heavy (non-hydrogen) atoms. The SMILES string of the molecule is CSc1ccccc1C(=O)c1ccc(NC(C)=O)cc1. The maximum atomic E-state index is 12.5. The van der Waals surface area contributed by atoms with E-state index in [9.17, 15) is 9.59 Å². The molecule has 0 atom stereocenters. The van der Waals surface area contributed by atoms with Crippen LogP contribution in [0, 0.1) is 0 Å². The molecule has 0 saturated carbocycles. The van der Waals surface area contributed by atoms with Crippen molar-refractivity contribution in [1.82, 2.24) is 0 Å². The van der Waals surface area contributed by atoms with Gasteiger partial charge in [-0.25, -0.2) is 0 Å². The zero-order chi connectivity index (χ0) is 14.5. The molecule has 0 aliphatic carbocycles. The minimum absolute atomic E-state index is 0.00988. The molecule has 4 heteroatoms. The molecule has 1 amide bonds. The van der Waals surface area contributed by atoms with Crippen LogP contribution in [0.2, 0.25) is 0 Å². The van der Waals surface area contributed by atoms with E-state index in [1.54, 1.807) is 36.0 Å². The van der Waals surface area contributed by atoms with E-state index in [1.165, 1.54) is 6.92 Å². The molecule has 0 aliphatic rings. The highest BCUT2D eigenvalue weighted by molar-refractivity contribution is 7.98. The number of carbonyl (C=O) groups is 2. The number of hydrogen-bond donors (Lipinski definition) is 1. The van der Waals surface area contributed by atoms with Gasteiger partial charge in [-0.15, -0.1) is 11.8 Å². The van der Waals surface area contributed by atoms with E-state index in [1.807, 2.05) is 30.5 Å². The summed E-state index contributed by atoms with van der Waals surface area (Å²) in [7, 11) is 0. The maximum Gasteiger partial charge on any atom is 0.221 e. The third kappa shape index (κ3) is 3.27. The Bertz CT molecular complexity index is 635. The van der Waals surface area contributed by atoms with Gasteiger partial charge in [0.15, 0.2) is 5.78 Å². The average molecular weight is 285 g/mol. The molecule has 1 N–H and O–H groups in total. The average Bonchev–Trinajstić information content (AvgIpc) is 2.46. The van der Waals surface area contributed by atoms with E-state index in [-0.39, 0.29) is 11.7 Å². The fourth-order valence-corrected chi connectivity index (χ4v) is 2.49. The zero-order valence-electron chi connectivity index (χ0n) is 11.3. The number of rotatable bonds is 4. The Labute approximate surface area is 122 Å². The van der Waals surface area contributed by atoms with Crippen molar-refractivity contribution in [2.75, 3.05) is 11.6 Å². The van der Waals surface area contributed by atoms with Gasteiger partial charge in [-0.2, -0.15) is 0 Å². The van der Waals surface area contributed by atoms with Gasteiger partial charge in [-0.1, -0.05) is 12.1 Å². The van der Waals surface area contributed by atoms with Gasteiger partial charge in [0.05, 0.1) is 0 Å². The summed E-state index contributed by atoms with van der Waals surface area (Å²) in [6.45, 7) is 1.45. The van der Waals surface area contributed by atoms with Gasteiger partial charge < -0.3 is 5.32 Å². The van der Waals surface area contributed by atoms with Gasteiger partial charge in [0.2, 0.25) is 5.91 Å². The molecule has 102 valence electrons. The number of carbonyl (C=O) groups excluding carboxylic acids is 2. The molecule has 0 spiro atoms. The number of ketones is 1. The van der Waals surface area contributed by atoms with Crippen molar-refractivity contribution in [3.8, 4) is 0 Å². The Kier molecular flexibility index (Phi) is 4.58. The molecule has 0 aliphatic heterocycles. The van der Waals surface area contributed by atoms with Crippen LogP contribution in [-0.4, -0.2) is 17.9 Å². The minimum atomic E-state index is -0.128. The molecular weight excluding hydrogens is 270 g/mol. The van der Waals surface area contributed by atoms with E-state index in [4.69, 9.17) is 0 Å². The topological polar surface area (TPSA) is 46.2 Å². The van der Waals surface area contributed by atoms with E-state index >= 15 is 0 Å². The normalized spacial score (nSPS) is 10.1. The summed E-state index contributed by atoms with van der Waals surface area (Å²) in [4.78, 5) is 24.4. The summed E-state index contributed by atoms with van der Waals surface area (Å²) in [6, 6.07) is 14.5. The summed E-state index contributed by atoms with van der Waals surface area (Å²) < 4.78 is 0. The second-order valence-corrected chi connectivity index (χ2v) is 5.14. The molecule has 0 unspecified atom stereocenters. The predicted octanol–water partition coefficient (Wildman–Crippen LogP) is 3.60. The molecule has 0 aromatic heterocycles. The van der Waals surface area contributed by atoms with E-state index in [2.05, 4.69) is 5.32 Å². The molecule has 2 aromatic carbocycles. The lowest BCUT2D eigenvalue weighted by molar-refractivity contribution is -0.114. The van der Waals surface area contributed by atoms with E-state index < -0.39 is 0 Å². The quantitative estimate of drug-likeness (QED) is 0.689. The Hall–Kier alpha value is -2.07. The standard InChI is InChI=1S/C16H15NO2S/c1-11(18)17-13-9-7-12(8-10-13)16(19)14-5-3-4-6-15(14)20-2/h3-10H,1-2H3,(H,17,18). The van der Waals surface area contributed by atoms with Crippen molar-refractivity contribution in [2.24, 2.45) is 0 Å². The fourth-order valence-electron chi connectivity index (χ4n) is 1.90. The summed E-state index contributed by atoms with van der Waals surface area (Å²) in [5.41, 5.74) is 2.00. The minimum Gasteiger partial charge on any atom is -0.326 e. The molecule has 0 saturated heterocycles. The largest absolute Gasteiger partial charge is 0.326 e. The van der Waals surface area contributed by atoms with Gasteiger partial charge in [0.25, 0.3) is 0 Å². The Balaban J connectivity index is 2.27. The van der Waals surface area contributed by atoms with Gasteiger partial charge in [-0.3, -0.25) is 9.59 Å². The number of nitrogens with one attached hydrogen (secondary N) is 1. The van der Waals surface area contributed by atoms with Crippen LogP contribution >= 0.6 is 11.8 Å². The highest BCUT2D eigenvalue weighted by Gasteiger charge is 2.12. The van der Waals surface area contributed by atoms with Crippen molar-refractivity contribution >= 4 is 29.1 Å². The summed E-state index contributed by atoms with van der Waals surface area (Å²) >= 11 is 1.55. The van der Waals surface area contributed by atoms with Crippen LogP contribution in [0.5, 0.6) is 0 Å². The third-order valence-electron chi connectivity index (χ3n) is 2.82. The first-order valence-electron chi connectivity index (χ1n) is 6.17. The first kappa shape index (κ1) is 14.3. The number of thioether (sulfide) groups is 1. The Morgan fingerprint density at radius 1 is 1.00 bits per heavy atom. The van der Waals surface area contributed by atoms with Crippen molar-refractivity contribution in [2.45, 2.75) is 11.8 Å². The summed E-state index contributed by atoms with van der Waals surface area (Å²) in [5, 5.41) is 2.68. The number of amides is 1. The zero-order valence-corrected chi connectivity index (χ0v) is 12.2. The molecular formula is C16H15NO2S. The second kappa shape index (κ2) is 6.39. The van der Waals surface area contributed by atoms with Crippen LogP contribution < -0.4 is 5.32 Å². The Morgan fingerprint density at radius 2 is 1.65 bits per heavy atom. The van der Waals surface area contributed by atoms with Crippen molar-refractivity contribution in [1.29, 1.82) is 0 Å². The molecule has 3 nitrogen and oxygen atoms in total. The lowest BCUT2D eigenvalue weighted by atomic mass is 10.0. The number of benzene rings is 2. The van der Waals surface area contributed by atoms with Gasteiger partial charge in [0.1, 0.15) is 0 Å². The van der Waals surface area contributed by atoms with Crippen LogP contribution in [0.4, 0.5) is 5.69 Å². The molecule has 0 bridgehead atoms. The first-order chi connectivity index (χ1) is 9.61. The summed E-state index contributed by atoms with van der Waals surface area (Å²) in [5.74, 6) is -0.138. The van der Waals surface area contributed by atoms with Crippen LogP contribution in [0.3, 0.4) is 0 Å². The van der Waals surface area contributed by atoms with Crippen LogP contribution in [0.1, 0.15) is 22.8 Å². The van der Waals surface area contributed by atoms with Gasteiger partial charge in [-0.05, 0) is 42.7 Å². The lowest BCUT2D eigenvalue weighted by Crippen LogP contribution is -2.07.